The molecule has 2 heterocycles. The van der Waals surface area contributed by atoms with Crippen molar-refractivity contribution in [2.24, 2.45) is 10.4 Å². The Hall–Kier alpha value is -0.900. The SMILES string of the molecule is CCNC(=NCC1(C)COC1)NCCn1cnnc1CC.I. The first-order valence-corrected chi connectivity index (χ1v) is 7.63. The summed E-state index contributed by atoms with van der Waals surface area (Å²) in [6.45, 7) is 11.2. The van der Waals surface area contributed by atoms with Crippen molar-refractivity contribution in [3.8, 4) is 0 Å². The van der Waals surface area contributed by atoms with E-state index in [2.05, 4.69) is 51.2 Å². The molecule has 1 aromatic rings. The largest absolute Gasteiger partial charge is 0.380 e. The third-order valence-electron chi connectivity index (χ3n) is 3.52. The number of ether oxygens (including phenoxy) is 1. The number of aryl methyl sites for hydroxylation is 1. The van der Waals surface area contributed by atoms with Gasteiger partial charge in [-0.1, -0.05) is 13.8 Å². The molecule has 22 heavy (non-hydrogen) atoms. The zero-order chi connectivity index (χ0) is 15.1. The van der Waals surface area contributed by atoms with Gasteiger partial charge in [-0.2, -0.15) is 0 Å². The van der Waals surface area contributed by atoms with Gasteiger partial charge in [0.25, 0.3) is 0 Å². The van der Waals surface area contributed by atoms with E-state index in [1.165, 1.54) is 0 Å². The summed E-state index contributed by atoms with van der Waals surface area (Å²) in [6, 6.07) is 0. The number of nitrogens with one attached hydrogen (secondary N) is 2. The minimum absolute atomic E-state index is 0. The topological polar surface area (TPSA) is 76.4 Å². The van der Waals surface area contributed by atoms with E-state index < -0.39 is 0 Å². The molecule has 1 fully saturated rings. The Labute approximate surface area is 149 Å². The fourth-order valence-corrected chi connectivity index (χ4v) is 2.19. The lowest BCUT2D eigenvalue weighted by molar-refractivity contribution is -0.0945. The maximum Gasteiger partial charge on any atom is 0.191 e. The van der Waals surface area contributed by atoms with Crippen LogP contribution in [0.4, 0.5) is 0 Å². The van der Waals surface area contributed by atoms with Crippen molar-refractivity contribution in [2.45, 2.75) is 33.7 Å². The Morgan fingerprint density at radius 3 is 2.77 bits per heavy atom. The first-order valence-electron chi connectivity index (χ1n) is 7.63. The van der Waals surface area contributed by atoms with Gasteiger partial charge in [-0.05, 0) is 6.92 Å². The molecule has 7 nitrogen and oxygen atoms in total. The summed E-state index contributed by atoms with van der Waals surface area (Å²) < 4.78 is 7.33. The summed E-state index contributed by atoms with van der Waals surface area (Å²) in [5.41, 5.74) is 0.200. The Morgan fingerprint density at radius 1 is 1.41 bits per heavy atom. The molecule has 0 bridgehead atoms. The third-order valence-corrected chi connectivity index (χ3v) is 3.52. The number of rotatable bonds is 7. The number of halogens is 1. The molecule has 1 aliphatic heterocycles. The van der Waals surface area contributed by atoms with Crippen molar-refractivity contribution in [1.29, 1.82) is 0 Å². The average molecular weight is 422 g/mol. The molecule has 0 spiro atoms. The maximum atomic E-state index is 5.26. The molecule has 1 saturated heterocycles. The smallest absolute Gasteiger partial charge is 0.191 e. The van der Waals surface area contributed by atoms with Crippen molar-refractivity contribution in [3.05, 3.63) is 12.2 Å². The van der Waals surface area contributed by atoms with E-state index in [1.54, 1.807) is 6.33 Å². The molecule has 2 rings (SSSR count). The Kier molecular flexibility index (Phi) is 8.08. The molecule has 8 heteroatoms. The average Bonchev–Trinajstić information content (AvgIpc) is 2.90. The molecule has 2 N–H and O–H groups in total. The molecular formula is C14H27IN6O. The summed E-state index contributed by atoms with van der Waals surface area (Å²) >= 11 is 0. The van der Waals surface area contributed by atoms with Crippen LogP contribution in [0.15, 0.2) is 11.3 Å². The molecule has 0 atom stereocenters. The van der Waals surface area contributed by atoms with Crippen molar-refractivity contribution >= 4 is 29.9 Å². The molecule has 1 aromatic heterocycles. The van der Waals surface area contributed by atoms with E-state index in [9.17, 15) is 0 Å². The highest BCUT2D eigenvalue weighted by atomic mass is 127. The predicted molar refractivity (Wildman–Crippen MR) is 97.7 cm³/mol. The fraction of sp³-hybridized carbons (Fsp3) is 0.786. The lowest BCUT2D eigenvalue weighted by atomic mass is 9.89. The second kappa shape index (κ2) is 9.29. The normalized spacial score (nSPS) is 16.6. The van der Waals surface area contributed by atoms with Crippen LogP contribution in [0.1, 0.15) is 26.6 Å². The van der Waals surface area contributed by atoms with Gasteiger partial charge in [0, 0.05) is 31.5 Å². The molecule has 126 valence electrons. The van der Waals surface area contributed by atoms with Gasteiger partial charge < -0.3 is 19.9 Å². The highest BCUT2D eigenvalue weighted by Gasteiger charge is 2.33. The predicted octanol–water partition coefficient (Wildman–Crippen LogP) is 1.05. The van der Waals surface area contributed by atoms with E-state index in [0.29, 0.717) is 0 Å². The maximum absolute atomic E-state index is 5.26. The lowest BCUT2D eigenvalue weighted by Crippen LogP contribution is -2.44. The summed E-state index contributed by atoms with van der Waals surface area (Å²) in [7, 11) is 0. The van der Waals surface area contributed by atoms with Crippen LogP contribution in [-0.2, 0) is 17.7 Å². The van der Waals surface area contributed by atoms with Crippen LogP contribution in [0.2, 0.25) is 0 Å². The zero-order valence-electron chi connectivity index (χ0n) is 13.6. The van der Waals surface area contributed by atoms with Crippen molar-refractivity contribution in [1.82, 2.24) is 25.4 Å². The van der Waals surface area contributed by atoms with E-state index in [0.717, 1.165) is 57.6 Å². The molecule has 0 saturated carbocycles. The zero-order valence-corrected chi connectivity index (χ0v) is 16.0. The molecule has 0 unspecified atom stereocenters. The van der Waals surface area contributed by atoms with Crippen molar-refractivity contribution < 1.29 is 4.74 Å². The minimum Gasteiger partial charge on any atom is -0.380 e. The second-order valence-corrected chi connectivity index (χ2v) is 5.72. The van der Waals surface area contributed by atoms with Crippen LogP contribution in [0.25, 0.3) is 0 Å². The summed E-state index contributed by atoms with van der Waals surface area (Å²) in [5.74, 6) is 1.87. The van der Waals surface area contributed by atoms with Crippen molar-refractivity contribution in [3.63, 3.8) is 0 Å². The highest BCUT2D eigenvalue weighted by Crippen LogP contribution is 2.26. The minimum atomic E-state index is 0. The van der Waals surface area contributed by atoms with Crippen LogP contribution >= 0.6 is 24.0 Å². The number of hydrogen-bond donors (Lipinski definition) is 2. The van der Waals surface area contributed by atoms with Gasteiger partial charge >= 0.3 is 0 Å². The first-order chi connectivity index (χ1) is 10.2. The van der Waals surface area contributed by atoms with Crippen LogP contribution in [0.3, 0.4) is 0 Å². The van der Waals surface area contributed by atoms with Gasteiger partial charge in [0.1, 0.15) is 12.2 Å². The standard InChI is InChI=1S/C14H26N6O.HI/c1-4-12-19-18-11-20(12)7-6-16-13(15-5-2)17-8-14(3)9-21-10-14;/h11H,4-10H2,1-3H3,(H2,15,16,17);1H. The van der Waals surface area contributed by atoms with Gasteiger partial charge in [0.15, 0.2) is 5.96 Å². The van der Waals surface area contributed by atoms with Gasteiger partial charge in [0.05, 0.1) is 19.8 Å². The summed E-state index contributed by atoms with van der Waals surface area (Å²) in [4.78, 5) is 4.64. The Balaban J connectivity index is 0.00000242. The molecule has 0 radical (unpaired) electrons. The number of aliphatic imine (C=N–C) groups is 1. The van der Waals surface area contributed by atoms with Crippen LogP contribution in [0, 0.1) is 5.41 Å². The molecule has 0 aromatic carbocycles. The van der Waals surface area contributed by atoms with Gasteiger partial charge in [0.2, 0.25) is 0 Å². The number of hydrogen-bond acceptors (Lipinski definition) is 4. The summed E-state index contributed by atoms with van der Waals surface area (Å²) in [5, 5.41) is 14.6. The van der Waals surface area contributed by atoms with Crippen molar-refractivity contribution in [2.75, 3.05) is 32.8 Å². The summed E-state index contributed by atoms with van der Waals surface area (Å²) in [6.07, 6.45) is 2.67. The monoisotopic (exact) mass is 422 g/mol. The second-order valence-electron chi connectivity index (χ2n) is 5.72. The van der Waals surface area contributed by atoms with E-state index in [4.69, 9.17) is 4.74 Å². The Morgan fingerprint density at radius 2 is 2.18 bits per heavy atom. The molecule has 1 aliphatic rings. The number of guanidine groups is 1. The molecule has 0 aliphatic carbocycles. The number of nitrogens with zero attached hydrogens (tertiary/aromatic N) is 4. The quantitative estimate of drug-likeness (QED) is 0.390. The fourth-order valence-electron chi connectivity index (χ4n) is 2.19. The first kappa shape index (κ1) is 19.1. The lowest BCUT2D eigenvalue weighted by Gasteiger charge is -2.36. The van der Waals surface area contributed by atoms with Crippen LogP contribution in [0.5, 0.6) is 0 Å². The van der Waals surface area contributed by atoms with Gasteiger partial charge in [-0.3, -0.25) is 4.99 Å². The Bertz CT molecular complexity index is 472. The number of aromatic nitrogens is 3. The van der Waals surface area contributed by atoms with Gasteiger partial charge in [-0.15, -0.1) is 34.2 Å². The van der Waals surface area contributed by atoms with E-state index >= 15 is 0 Å². The van der Waals surface area contributed by atoms with Crippen LogP contribution in [-0.4, -0.2) is 53.6 Å². The molecular weight excluding hydrogens is 395 g/mol. The van der Waals surface area contributed by atoms with Gasteiger partial charge in [-0.25, -0.2) is 0 Å². The highest BCUT2D eigenvalue weighted by molar-refractivity contribution is 14.0. The molecule has 0 amide bonds. The van der Waals surface area contributed by atoms with Crippen LogP contribution < -0.4 is 10.6 Å². The third kappa shape index (κ3) is 5.38. The van der Waals surface area contributed by atoms with E-state index in [1.807, 2.05) is 0 Å². The van der Waals surface area contributed by atoms with E-state index in [-0.39, 0.29) is 29.4 Å².